The van der Waals surface area contributed by atoms with Crippen LogP contribution < -0.4 is 5.32 Å². The number of aliphatic hydroxyl groups excluding tert-OH is 7. The Bertz CT molecular complexity index is 1290. The highest BCUT2D eigenvalue weighted by atomic mass is 16.7. The van der Waals surface area contributed by atoms with E-state index in [1.165, 1.54) is 141 Å². The van der Waals surface area contributed by atoms with Gasteiger partial charge in [-0.15, -0.1) is 0 Å². The summed E-state index contributed by atoms with van der Waals surface area (Å²) in [5.74, 6) is -0.718. The molecule has 11 nitrogen and oxygen atoms in total. The molecule has 416 valence electrons. The molecule has 9 unspecified atom stereocenters. The van der Waals surface area contributed by atoms with E-state index in [1.807, 2.05) is 0 Å². The molecule has 0 bridgehead atoms. The summed E-state index contributed by atoms with van der Waals surface area (Å²) in [6.45, 7) is 3.42. The van der Waals surface area contributed by atoms with Gasteiger partial charge in [-0.1, -0.05) is 217 Å². The molecule has 0 aromatic rings. The van der Waals surface area contributed by atoms with Crippen molar-refractivity contribution in [1.82, 2.24) is 5.32 Å². The van der Waals surface area contributed by atoms with Gasteiger partial charge in [-0.25, -0.2) is 0 Å². The van der Waals surface area contributed by atoms with Crippen molar-refractivity contribution >= 4 is 5.91 Å². The zero-order valence-corrected chi connectivity index (χ0v) is 45.5. The number of rotatable bonds is 50. The molecule has 0 spiro atoms. The zero-order chi connectivity index (χ0) is 51.8. The molecule has 1 aliphatic rings. The molecule has 0 aliphatic carbocycles. The quantitative estimate of drug-likeness (QED) is 0.0215. The standard InChI is InChI=1S/C60H111NO10/c1-3-5-7-9-11-13-15-17-19-20-21-22-23-24-25-26-27-28-29-30-31-32-33-34-36-37-39-41-43-45-47-52(63)55(65)51(50-70-60-58(68)57(67)56(66)54(49-62)71-60)61-59(69)53(64)48-46-44-42-40-38-35-18-16-14-12-10-8-6-4-2/h14,16,29-30,33-34,39,41,51-58,60,62-68H,3-13,15,17-28,31-32,35-38,40,42-50H2,1-2H3,(H,61,69)/b16-14-,30-29+,34-33+,41-39+. The molecule has 8 N–H and O–H groups in total. The Kier molecular flexibility index (Phi) is 46.3. The predicted molar refractivity (Wildman–Crippen MR) is 293 cm³/mol. The molecule has 1 rings (SSSR count). The minimum Gasteiger partial charge on any atom is -0.394 e. The number of unbranched alkanes of at least 4 members (excludes halogenated alkanes) is 30. The van der Waals surface area contributed by atoms with Crippen molar-refractivity contribution in [1.29, 1.82) is 0 Å². The molecule has 0 radical (unpaired) electrons. The van der Waals surface area contributed by atoms with Crippen LogP contribution >= 0.6 is 0 Å². The lowest BCUT2D eigenvalue weighted by Gasteiger charge is -2.40. The minimum atomic E-state index is -1.67. The molecule has 9 atom stereocenters. The van der Waals surface area contributed by atoms with Gasteiger partial charge in [0, 0.05) is 0 Å². The van der Waals surface area contributed by atoms with Gasteiger partial charge < -0.3 is 50.5 Å². The fourth-order valence-corrected chi connectivity index (χ4v) is 9.23. The van der Waals surface area contributed by atoms with E-state index >= 15 is 0 Å². The predicted octanol–water partition coefficient (Wildman–Crippen LogP) is 12.5. The van der Waals surface area contributed by atoms with E-state index in [0.717, 1.165) is 70.6 Å². The van der Waals surface area contributed by atoms with Crippen LogP contribution in [0.3, 0.4) is 0 Å². The summed E-state index contributed by atoms with van der Waals surface area (Å²) in [7, 11) is 0. The molecule has 0 saturated carbocycles. The number of hydrogen-bond donors (Lipinski definition) is 8. The summed E-state index contributed by atoms with van der Waals surface area (Å²) in [5, 5.41) is 76.0. The van der Waals surface area contributed by atoms with Crippen LogP contribution in [0.25, 0.3) is 0 Å². The first-order valence-electron chi connectivity index (χ1n) is 29.5. The van der Waals surface area contributed by atoms with Gasteiger partial charge in [-0.3, -0.25) is 4.79 Å². The maximum Gasteiger partial charge on any atom is 0.249 e. The van der Waals surface area contributed by atoms with Crippen LogP contribution in [0.5, 0.6) is 0 Å². The number of hydrogen-bond acceptors (Lipinski definition) is 10. The molecule has 1 heterocycles. The lowest BCUT2D eigenvalue weighted by molar-refractivity contribution is -0.303. The molecule has 1 fully saturated rings. The summed E-state index contributed by atoms with van der Waals surface area (Å²) >= 11 is 0. The third-order valence-corrected chi connectivity index (χ3v) is 14.1. The fraction of sp³-hybridized carbons (Fsp3) is 0.850. The highest BCUT2D eigenvalue weighted by Gasteiger charge is 2.44. The van der Waals surface area contributed by atoms with Crippen LogP contribution in [0.1, 0.15) is 258 Å². The summed E-state index contributed by atoms with van der Waals surface area (Å²) in [6.07, 6.45) is 50.4. The lowest BCUT2D eigenvalue weighted by atomic mass is 9.98. The average Bonchev–Trinajstić information content (AvgIpc) is 3.37. The zero-order valence-electron chi connectivity index (χ0n) is 45.5. The van der Waals surface area contributed by atoms with Crippen molar-refractivity contribution in [3.05, 3.63) is 48.6 Å². The Morgan fingerprint density at radius 2 is 0.845 bits per heavy atom. The van der Waals surface area contributed by atoms with Crippen LogP contribution in [0.2, 0.25) is 0 Å². The van der Waals surface area contributed by atoms with E-state index in [1.54, 1.807) is 0 Å². The smallest absolute Gasteiger partial charge is 0.249 e. The Labute approximate surface area is 434 Å². The number of carbonyl (C=O) groups excluding carboxylic acids is 1. The van der Waals surface area contributed by atoms with Crippen molar-refractivity contribution in [2.45, 2.75) is 313 Å². The number of amides is 1. The Morgan fingerprint density at radius 1 is 0.479 bits per heavy atom. The van der Waals surface area contributed by atoms with E-state index in [2.05, 4.69) is 67.8 Å². The molecular formula is C60H111NO10. The van der Waals surface area contributed by atoms with E-state index in [9.17, 15) is 40.5 Å². The molecule has 0 aromatic carbocycles. The summed E-state index contributed by atoms with van der Waals surface area (Å²) < 4.78 is 11.1. The van der Waals surface area contributed by atoms with Crippen molar-refractivity contribution in [3.8, 4) is 0 Å². The first-order chi connectivity index (χ1) is 34.7. The number of aliphatic hydroxyl groups is 7. The van der Waals surface area contributed by atoms with Gasteiger partial charge in [-0.2, -0.15) is 0 Å². The number of ether oxygens (including phenoxy) is 2. The highest BCUT2D eigenvalue weighted by Crippen LogP contribution is 2.23. The topological polar surface area (TPSA) is 189 Å². The molecule has 1 amide bonds. The van der Waals surface area contributed by atoms with Crippen molar-refractivity contribution in [2.75, 3.05) is 13.2 Å². The van der Waals surface area contributed by atoms with Crippen LogP contribution in [-0.4, -0.2) is 110 Å². The molecule has 0 aromatic heterocycles. The van der Waals surface area contributed by atoms with Gasteiger partial charge in [-0.05, 0) is 89.9 Å². The van der Waals surface area contributed by atoms with Crippen LogP contribution in [0.15, 0.2) is 48.6 Å². The highest BCUT2D eigenvalue weighted by molar-refractivity contribution is 5.80. The van der Waals surface area contributed by atoms with Gasteiger partial charge >= 0.3 is 0 Å². The minimum absolute atomic E-state index is 0.239. The number of carbonyl (C=O) groups is 1. The third-order valence-electron chi connectivity index (χ3n) is 14.1. The second-order valence-corrected chi connectivity index (χ2v) is 20.7. The molecule has 1 saturated heterocycles. The third kappa shape index (κ3) is 37.5. The largest absolute Gasteiger partial charge is 0.394 e. The van der Waals surface area contributed by atoms with Crippen LogP contribution in [0.4, 0.5) is 0 Å². The molecule has 1 aliphatic heterocycles. The normalized spacial score (nSPS) is 20.5. The lowest BCUT2D eigenvalue weighted by Crippen LogP contribution is -2.60. The molecule has 71 heavy (non-hydrogen) atoms. The van der Waals surface area contributed by atoms with E-state index in [-0.39, 0.29) is 12.8 Å². The van der Waals surface area contributed by atoms with Crippen molar-refractivity contribution < 1.29 is 50.0 Å². The summed E-state index contributed by atoms with van der Waals surface area (Å²) in [6, 6.07) is -1.20. The second-order valence-electron chi connectivity index (χ2n) is 20.7. The van der Waals surface area contributed by atoms with Crippen molar-refractivity contribution in [3.63, 3.8) is 0 Å². The number of allylic oxidation sites excluding steroid dienone is 8. The first kappa shape index (κ1) is 67.1. The second kappa shape index (κ2) is 49.0. The van der Waals surface area contributed by atoms with Gasteiger partial charge in [0.25, 0.3) is 0 Å². The maximum absolute atomic E-state index is 13.1. The van der Waals surface area contributed by atoms with Crippen LogP contribution in [0, 0.1) is 0 Å². The fourth-order valence-electron chi connectivity index (χ4n) is 9.23. The van der Waals surface area contributed by atoms with E-state index < -0.39 is 74.2 Å². The Morgan fingerprint density at radius 3 is 1.27 bits per heavy atom. The average molecular weight is 1010 g/mol. The van der Waals surface area contributed by atoms with E-state index in [0.29, 0.717) is 19.3 Å². The molecular weight excluding hydrogens is 895 g/mol. The van der Waals surface area contributed by atoms with Gasteiger partial charge in [0.1, 0.15) is 36.6 Å². The Balaban J connectivity index is 2.30. The Hall–Kier alpha value is -1.93. The van der Waals surface area contributed by atoms with Gasteiger partial charge in [0.05, 0.1) is 25.4 Å². The summed E-state index contributed by atoms with van der Waals surface area (Å²) in [4.78, 5) is 13.1. The molecule has 11 heteroatoms. The first-order valence-corrected chi connectivity index (χ1v) is 29.5. The monoisotopic (exact) mass is 1010 g/mol. The van der Waals surface area contributed by atoms with Gasteiger partial charge in [0.2, 0.25) is 5.91 Å². The van der Waals surface area contributed by atoms with Crippen molar-refractivity contribution in [2.24, 2.45) is 0 Å². The maximum atomic E-state index is 13.1. The summed E-state index contributed by atoms with van der Waals surface area (Å²) in [5.41, 5.74) is 0. The number of nitrogens with one attached hydrogen (secondary N) is 1. The van der Waals surface area contributed by atoms with Gasteiger partial charge in [0.15, 0.2) is 6.29 Å². The SMILES string of the molecule is CCCCCC/C=C\CCCCCCCCC(O)C(=O)NC(COC1OC(CO)C(O)C(O)C1O)C(O)C(O)CCC/C=C/CC/C=C/CC/C=C/CCCCCCCCCCCCCCCCCCC. The van der Waals surface area contributed by atoms with Crippen LogP contribution in [-0.2, 0) is 14.3 Å². The van der Waals surface area contributed by atoms with E-state index in [4.69, 9.17) is 9.47 Å².